The Kier molecular flexibility index (Phi) is 9.04. The summed E-state index contributed by atoms with van der Waals surface area (Å²) in [6.07, 6.45) is 0. The summed E-state index contributed by atoms with van der Waals surface area (Å²) >= 11 is 0. The summed E-state index contributed by atoms with van der Waals surface area (Å²) in [5.74, 6) is 1.12. The standard InChI is InChI=1S/C16H26N2O5/c1-20-7-5-18(6-8-21-2)12-16(19)17-13-9-14(22-3)11-15(10-13)23-4/h9-11H,5-8,12H2,1-4H3,(H,17,19). The van der Waals surface area contributed by atoms with E-state index in [1.165, 1.54) is 0 Å². The number of carbonyl (C=O) groups is 1. The van der Waals surface area contributed by atoms with Crippen LogP contribution in [0.1, 0.15) is 0 Å². The zero-order chi connectivity index (χ0) is 17.1. The number of ether oxygens (including phenoxy) is 4. The lowest BCUT2D eigenvalue weighted by molar-refractivity contribution is -0.117. The monoisotopic (exact) mass is 326 g/mol. The van der Waals surface area contributed by atoms with Gasteiger partial charge in [-0.1, -0.05) is 0 Å². The number of anilines is 1. The van der Waals surface area contributed by atoms with E-state index in [0.717, 1.165) is 0 Å². The summed E-state index contributed by atoms with van der Waals surface area (Å²) in [4.78, 5) is 14.2. The number of benzene rings is 1. The van der Waals surface area contributed by atoms with Crippen molar-refractivity contribution in [2.24, 2.45) is 0 Å². The maximum Gasteiger partial charge on any atom is 0.238 e. The smallest absolute Gasteiger partial charge is 0.238 e. The molecular weight excluding hydrogens is 300 g/mol. The van der Waals surface area contributed by atoms with Crippen LogP contribution in [0, 0.1) is 0 Å². The Bertz CT molecular complexity index is 451. The van der Waals surface area contributed by atoms with Crippen molar-refractivity contribution in [1.82, 2.24) is 4.90 Å². The average molecular weight is 326 g/mol. The number of rotatable bonds is 11. The summed E-state index contributed by atoms with van der Waals surface area (Å²) in [6.45, 7) is 2.70. The molecule has 0 heterocycles. The van der Waals surface area contributed by atoms with Crippen molar-refractivity contribution in [3.05, 3.63) is 18.2 Å². The molecule has 0 spiro atoms. The van der Waals surface area contributed by atoms with Crippen molar-refractivity contribution >= 4 is 11.6 Å². The van der Waals surface area contributed by atoms with Crippen molar-refractivity contribution in [2.75, 3.05) is 66.6 Å². The van der Waals surface area contributed by atoms with Gasteiger partial charge in [0.25, 0.3) is 0 Å². The highest BCUT2D eigenvalue weighted by Gasteiger charge is 2.12. The lowest BCUT2D eigenvalue weighted by atomic mass is 10.2. The molecule has 0 aliphatic rings. The maximum absolute atomic E-state index is 12.2. The molecule has 0 atom stereocenters. The fourth-order valence-corrected chi connectivity index (χ4v) is 1.99. The van der Waals surface area contributed by atoms with Crippen molar-refractivity contribution in [2.45, 2.75) is 0 Å². The molecule has 1 N–H and O–H groups in total. The van der Waals surface area contributed by atoms with Gasteiger partial charge in [-0.2, -0.15) is 0 Å². The molecule has 0 aliphatic carbocycles. The van der Waals surface area contributed by atoms with Crippen LogP contribution in [0.3, 0.4) is 0 Å². The Labute approximate surface area is 137 Å². The minimum absolute atomic E-state index is 0.118. The second kappa shape index (κ2) is 10.8. The predicted molar refractivity (Wildman–Crippen MR) is 88.4 cm³/mol. The molecule has 23 heavy (non-hydrogen) atoms. The highest BCUT2D eigenvalue weighted by molar-refractivity contribution is 5.92. The minimum Gasteiger partial charge on any atom is -0.497 e. The van der Waals surface area contributed by atoms with E-state index < -0.39 is 0 Å². The van der Waals surface area contributed by atoms with Crippen molar-refractivity contribution in [1.29, 1.82) is 0 Å². The molecule has 0 unspecified atom stereocenters. The predicted octanol–water partition coefficient (Wildman–Crippen LogP) is 1.24. The Morgan fingerprint density at radius 2 is 1.48 bits per heavy atom. The van der Waals surface area contributed by atoms with Crippen LogP contribution >= 0.6 is 0 Å². The van der Waals surface area contributed by atoms with Crippen LogP contribution in [0.25, 0.3) is 0 Å². The first-order valence-corrected chi connectivity index (χ1v) is 7.36. The number of nitrogens with one attached hydrogen (secondary N) is 1. The van der Waals surface area contributed by atoms with Crippen LogP contribution in [-0.4, -0.2) is 72.1 Å². The number of hydrogen-bond acceptors (Lipinski definition) is 6. The van der Waals surface area contributed by atoms with Gasteiger partial charge in [-0.3, -0.25) is 9.69 Å². The van der Waals surface area contributed by atoms with Crippen LogP contribution in [0.15, 0.2) is 18.2 Å². The third kappa shape index (κ3) is 7.32. The first-order valence-electron chi connectivity index (χ1n) is 7.36. The van der Waals surface area contributed by atoms with Crippen molar-refractivity contribution in [3.8, 4) is 11.5 Å². The van der Waals surface area contributed by atoms with E-state index in [2.05, 4.69) is 5.32 Å². The third-order valence-electron chi connectivity index (χ3n) is 3.23. The summed E-state index contributed by atoms with van der Waals surface area (Å²) in [5, 5.41) is 2.85. The van der Waals surface area contributed by atoms with Gasteiger partial charge in [0.2, 0.25) is 5.91 Å². The molecule has 0 saturated heterocycles. The molecular formula is C16H26N2O5. The first-order chi connectivity index (χ1) is 11.1. The number of hydrogen-bond donors (Lipinski definition) is 1. The lowest BCUT2D eigenvalue weighted by Gasteiger charge is -2.21. The van der Waals surface area contributed by atoms with Crippen LogP contribution in [0.5, 0.6) is 11.5 Å². The molecule has 0 radical (unpaired) electrons. The molecule has 130 valence electrons. The van der Waals surface area contributed by atoms with E-state index in [1.807, 2.05) is 4.90 Å². The molecule has 0 aromatic heterocycles. The van der Waals surface area contributed by atoms with Gasteiger partial charge >= 0.3 is 0 Å². The Morgan fingerprint density at radius 3 is 1.91 bits per heavy atom. The van der Waals surface area contributed by atoms with Gasteiger partial charge in [-0.25, -0.2) is 0 Å². The van der Waals surface area contributed by atoms with Gasteiger partial charge in [0.05, 0.1) is 34.0 Å². The molecule has 1 rings (SSSR count). The largest absolute Gasteiger partial charge is 0.497 e. The second-order valence-electron chi connectivity index (χ2n) is 4.91. The molecule has 1 amide bonds. The van der Waals surface area contributed by atoms with Crippen molar-refractivity contribution in [3.63, 3.8) is 0 Å². The summed E-state index contributed by atoms with van der Waals surface area (Å²) < 4.78 is 20.5. The van der Waals surface area contributed by atoms with Crippen LogP contribution in [0.4, 0.5) is 5.69 Å². The number of methoxy groups -OCH3 is 4. The zero-order valence-electron chi connectivity index (χ0n) is 14.3. The fraction of sp³-hybridized carbons (Fsp3) is 0.562. The summed E-state index contributed by atoms with van der Waals surface area (Å²) in [5.41, 5.74) is 0.629. The quantitative estimate of drug-likeness (QED) is 0.660. The highest BCUT2D eigenvalue weighted by Crippen LogP contribution is 2.25. The molecule has 1 aromatic carbocycles. The Balaban J connectivity index is 2.65. The minimum atomic E-state index is -0.118. The second-order valence-corrected chi connectivity index (χ2v) is 4.91. The number of amides is 1. The SMILES string of the molecule is COCCN(CCOC)CC(=O)Nc1cc(OC)cc(OC)c1. The Hall–Kier alpha value is -1.83. The maximum atomic E-state index is 12.2. The average Bonchev–Trinajstić information content (AvgIpc) is 2.56. The van der Waals surface area contributed by atoms with Crippen molar-refractivity contribution < 1.29 is 23.7 Å². The molecule has 7 heteroatoms. The van der Waals surface area contributed by atoms with Gasteiger partial charge < -0.3 is 24.3 Å². The van der Waals surface area contributed by atoms with Crippen LogP contribution in [-0.2, 0) is 14.3 Å². The van der Waals surface area contributed by atoms with E-state index in [4.69, 9.17) is 18.9 Å². The Morgan fingerprint density at radius 1 is 0.957 bits per heavy atom. The van der Waals surface area contributed by atoms with Crippen LogP contribution < -0.4 is 14.8 Å². The number of carbonyl (C=O) groups excluding carboxylic acids is 1. The summed E-state index contributed by atoms with van der Waals surface area (Å²) in [6, 6.07) is 5.24. The van der Waals surface area contributed by atoms with Gasteiger partial charge in [0.15, 0.2) is 0 Å². The molecule has 0 aliphatic heterocycles. The first kappa shape index (κ1) is 19.2. The van der Waals surface area contributed by atoms with Gasteiger partial charge in [-0.15, -0.1) is 0 Å². The number of nitrogens with zero attached hydrogens (tertiary/aromatic N) is 1. The van der Waals surface area contributed by atoms with Gasteiger partial charge in [-0.05, 0) is 0 Å². The molecule has 0 bridgehead atoms. The molecule has 7 nitrogen and oxygen atoms in total. The topological polar surface area (TPSA) is 69.3 Å². The molecule has 0 saturated carbocycles. The van der Waals surface area contributed by atoms with E-state index in [-0.39, 0.29) is 12.5 Å². The van der Waals surface area contributed by atoms with E-state index >= 15 is 0 Å². The lowest BCUT2D eigenvalue weighted by Crippen LogP contribution is -2.37. The van der Waals surface area contributed by atoms with Gasteiger partial charge in [0.1, 0.15) is 11.5 Å². The van der Waals surface area contributed by atoms with Gasteiger partial charge in [0, 0.05) is 51.2 Å². The molecule has 0 fully saturated rings. The third-order valence-corrected chi connectivity index (χ3v) is 3.23. The summed E-state index contributed by atoms with van der Waals surface area (Å²) in [7, 11) is 6.41. The van der Waals surface area contributed by atoms with E-state index in [0.29, 0.717) is 43.5 Å². The van der Waals surface area contributed by atoms with E-state index in [9.17, 15) is 4.79 Å². The van der Waals surface area contributed by atoms with Crippen LogP contribution in [0.2, 0.25) is 0 Å². The zero-order valence-corrected chi connectivity index (χ0v) is 14.3. The normalized spacial score (nSPS) is 10.7. The fourth-order valence-electron chi connectivity index (χ4n) is 1.99. The van der Waals surface area contributed by atoms with E-state index in [1.54, 1.807) is 46.6 Å². The highest BCUT2D eigenvalue weighted by atomic mass is 16.5. The molecule has 1 aromatic rings.